The molecule has 2 rings (SSSR count). The third-order valence-electron chi connectivity index (χ3n) is 3.03. The second kappa shape index (κ2) is 6.50. The van der Waals surface area contributed by atoms with Gasteiger partial charge in [0.25, 0.3) is 0 Å². The summed E-state index contributed by atoms with van der Waals surface area (Å²) < 4.78 is 18.8. The molecule has 0 fully saturated rings. The van der Waals surface area contributed by atoms with Gasteiger partial charge in [-0.25, -0.2) is 4.39 Å². The maximum absolute atomic E-state index is 13.2. The summed E-state index contributed by atoms with van der Waals surface area (Å²) in [5.41, 5.74) is 2.28. The molecule has 4 heteroatoms. The first kappa shape index (κ1) is 14.5. The van der Waals surface area contributed by atoms with Crippen molar-refractivity contribution in [2.24, 2.45) is 0 Å². The number of hydrogen-bond acceptors (Lipinski definition) is 3. The maximum Gasteiger partial charge on any atom is 0.128 e. The molecule has 0 saturated carbocycles. The quantitative estimate of drug-likeness (QED) is 0.882. The van der Waals surface area contributed by atoms with E-state index in [2.05, 4.69) is 0 Å². The van der Waals surface area contributed by atoms with Gasteiger partial charge < -0.3 is 14.9 Å². The Labute approximate surface area is 117 Å². The Morgan fingerprint density at radius 3 is 2.35 bits per heavy atom. The first-order valence-corrected chi connectivity index (χ1v) is 6.39. The third kappa shape index (κ3) is 3.56. The zero-order chi connectivity index (χ0) is 14.5. The van der Waals surface area contributed by atoms with Crippen LogP contribution >= 0.6 is 0 Å². The second-order valence-electron chi connectivity index (χ2n) is 4.62. The van der Waals surface area contributed by atoms with Crippen LogP contribution in [0, 0.1) is 5.82 Å². The molecule has 0 saturated heterocycles. The van der Waals surface area contributed by atoms with Crippen molar-refractivity contribution in [1.29, 1.82) is 0 Å². The molecule has 0 aliphatic heterocycles. The molecule has 0 bridgehead atoms. The number of halogens is 1. The van der Waals surface area contributed by atoms with E-state index < -0.39 is 11.9 Å². The second-order valence-corrected chi connectivity index (χ2v) is 4.62. The van der Waals surface area contributed by atoms with E-state index in [0.29, 0.717) is 11.3 Å². The largest absolute Gasteiger partial charge is 0.488 e. The summed E-state index contributed by atoms with van der Waals surface area (Å²) in [7, 11) is 0. The first-order chi connectivity index (χ1) is 9.60. The number of aliphatic hydroxyl groups is 2. The Balaban J connectivity index is 2.11. The van der Waals surface area contributed by atoms with E-state index in [4.69, 9.17) is 9.84 Å². The number of hydrogen-bond donors (Lipinski definition) is 2. The molecule has 0 radical (unpaired) electrons. The van der Waals surface area contributed by atoms with Gasteiger partial charge in [0.2, 0.25) is 0 Å². The fourth-order valence-corrected chi connectivity index (χ4v) is 1.88. The molecule has 0 spiro atoms. The summed E-state index contributed by atoms with van der Waals surface area (Å²) in [6.45, 7) is 1.88. The summed E-state index contributed by atoms with van der Waals surface area (Å²) in [5, 5.41) is 18.6. The number of ether oxygens (including phenoxy) is 1. The van der Waals surface area contributed by atoms with Gasteiger partial charge in [0.1, 0.15) is 18.2 Å². The molecule has 2 aromatic rings. The van der Waals surface area contributed by atoms with Gasteiger partial charge in [-0.2, -0.15) is 0 Å². The minimum atomic E-state index is -0.720. The van der Waals surface area contributed by atoms with Crippen molar-refractivity contribution in [3.05, 3.63) is 65.0 Å². The molecule has 2 aromatic carbocycles. The van der Waals surface area contributed by atoms with Gasteiger partial charge in [-0.3, -0.25) is 0 Å². The highest BCUT2D eigenvalue weighted by molar-refractivity contribution is 5.35. The molecule has 0 unspecified atom stereocenters. The average molecular weight is 276 g/mol. The molecule has 1 atom stereocenters. The van der Waals surface area contributed by atoms with Crippen LogP contribution in [-0.4, -0.2) is 10.2 Å². The first-order valence-electron chi connectivity index (χ1n) is 6.39. The van der Waals surface area contributed by atoms with Crippen LogP contribution in [0.5, 0.6) is 5.75 Å². The molecule has 0 amide bonds. The zero-order valence-corrected chi connectivity index (χ0v) is 11.2. The Morgan fingerprint density at radius 2 is 1.75 bits per heavy atom. The lowest BCUT2D eigenvalue weighted by Crippen LogP contribution is -2.01. The monoisotopic (exact) mass is 276 g/mol. The van der Waals surface area contributed by atoms with E-state index >= 15 is 0 Å². The predicted octanol–water partition coefficient (Wildman–Crippen LogP) is 2.95. The molecule has 0 aromatic heterocycles. The standard InChI is InChI=1S/C16H17FO3/c1-11(19)15-7-6-14(17)8-16(15)20-10-13-4-2-12(9-18)3-5-13/h2-8,11,18-19H,9-10H2,1H3/t11-/m0/s1. The van der Waals surface area contributed by atoms with E-state index in [-0.39, 0.29) is 13.2 Å². The lowest BCUT2D eigenvalue weighted by atomic mass is 10.1. The lowest BCUT2D eigenvalue weighted by Gasteiger charge is -2.13. The summed E-state index contributed by atoms with van der Waals surface area (Å²) in [6, 6.07) is 11.4. The highest BCUT2D eigenvalue weighted by atomic mass is 19.1. The van der Waals surface area contributed by atoms with Gasteiger partial charge in [-0.15, -0.1) is 0 Å². The summed E-state index contributed by atoms with van der Waals surface area (Å²) in [4.78, 5) is 0. The highest BCUT2D eigenvalue weighted by Gasteiger charge is 2.10. The van der Waals surface area contributed by atoms with Crippen molar-refractivity contribution >= 4 is 0 Å². The van der Waals surface area contributed by atoms with Crippen LogP contribution in [0.15, 0.2) is 42.5 Å². The zero-order valence-electron chi connectivity index (χ0n) is 11.2. The van der Waals surface area contributed by atoms with E-state index in [1.807, 2.05) is 12.1 Å². The Morgan fingerprint density at radius 1 is 1.10 bits per heavy atom. The summed E-state index contributed by atoms with van der Waals surface area (Å²) >= 11 is 0. The van der Waals surface area contributed by atoms with Crippen LogP contribution < -0.4 is 4.74 Å². The Hall–Kier alpha value is -1.91. The Bertz CT molecular complexity index is 564. The molecule has 3 nitrogen and oxygen atoms in total. The topological polar surface area (TPSA) is 49.7 Å². The number of benzene rings is 2. The van der Waals surface area contributed by atoms with Crippen LogP contribution in [-0.2, 0) is 13.2 Å². The fourth-order valence-electron chi connectivity index (χ4n) is 1.88. The minimum absolute atomic E-state index is 0.00277. The minimum Gasteiger partial charge on any atom is -0.488 e. The van der Waals surface area contributed by atoms with E-state index in [0.717, 1.165) is 11.1 Å². The molecule has 0 aliphatic carbocycles. The fraction of sp³-hybridized carbons (Fsp3) is 0.250. The van der Waals surface area contributed by atoms with Crippen LogP contribution in [0.3, 0.4) is 0 Å². The van der Waals surface area contributed by atoms with Crippen molar-refractivity contribution in [2.75, 3.05) is 0 Å². The summed E-state index contributed by atoms with van der Waals surface area (Å²) in [6.07, 6.45) is -0.720. The van der Waals surface area contributed by atoms with E-state index in [1.54, 1.807) is 19.1 Å². The molecular weight excluding hydrogens is 259 g/mol. The summed E-state index contributed by atoms with van der Waals surface area (Å²) in [5.74, 6) is -0.0636. The average Bonchev–Trinajstić information content (AvgIpc) is 2.45. The molecular formula is C16H17FO3. The lowest BCUT2D eigenvalue weighted by molar-refractivity contribution is 0.190. The number of aliphatic hydroxyl groups excluding tert-OH is 2. The van der Waals surface area contributed by atoms with Crippen molar-refractivity contribution in [3.8, 4) is 5.75 Å². The van der Waals surface area contributed by atoms with Gasteiger partial charge in [-0.1, -0.05) is 24.3 Å². The van der Waals surface area contributed by atoms with E-state index in [9.17, 15) is 9.50 Å². The molecule has 0 aliphatic rings. The molecule has 20 heavy (non-hydrogen) atoms. The maximum atomic E-state index is 13.2. The van der Waals surface area contributed by atoms with Crippen molar-refractivity contribution in [1.82, 2.24) is 0 Å². The van der Waals surface area contributed by atoms with Gasteiger partial charge in [0.15, 0.2) is 0 Å². The van der Waals surface area contributed by atoms with Gasteiger partial charge in [0, 0.05) is 11.6 Å². The molecule has 0 heterocycles. The van der Waals surface area contributed by atoms with Crippen LogP contribution in [0.1, 0.15) is 29.7 Å². The predicted molar refractivity (Wildman–Crippen MR) is 73.7 cm³/mol. The third-order valence-corrected chi connectivity index (χ3v) is 3.03. The van der Waals surface area contributed by atoms with Crippen molar-refractivity contribution < 1.29 is 19.3 Å². The Kier molecular flexibility index (Phi) is 4.71. The van der Waals surface area contributed by atoms with Gasteiger partial charge in [0.05, 0.1) is 12.7 Å². The smallest absolute Gasteiger partial charge is 0.128 e. The molecule has 106 valence electrons. The van der Waals surface area contributed by atoms with Gasteiger partial charge >= 0.3 is 0 Å². The van der Waals surface area contributed by atoms with Crippen LogP contribution in [0.25, 0.3) is 0 Å². The number of rotatable bonds is 5. The SMILES string of the molecule is C[C@H](O)c1ccc(F)cc1OCc1ccc(CO)cc1. The normalized spacial score (nSPS) is 12.2. The van der Waals surface area contributed by atoms with Crippen LogP contribution in [0.4, 0.5) is 4.39 Å². The van der Waals surface area contributed by atoms with Gasteiger partial charge in [-0.05, 0) is 30.2 Å². The van der Waals surface area contributed by atoms with Crippen molar-refractivity contribution in [2.45, 2.75) is 26.2 Å². The molecule has 2 N–H and O–H groups in total. The van der Waals surface area contributed by atoms with E-state index in [1.165, 1.54) is 18.2 Å². The van der Waals surface area contributed by atoms with Crippen LogP contribution in [0.2, 0.25) is 0 Å². The van der Waals surface area contributed by atoms with Crippen molar-refractivity contribution in [3.63, 3.8) is 0 Å². The highest BCUT2D eigenvalue weighted by Crippen LogP contribution is 2.26.